The number of carboxylic acid groups (broad SMARTS) is 1. The lowest BCUT2D eigenvalue weighted by molar-refractivity contribution is -0.136. The number of fused-ring (bicyclic) bond motifs is 1. The summed E-state index contributed by atoms with van der Waals surface area (Å²) in [4.78, 5) is 25.2. The van der Waals surface area contributed by atoms with Crippen LogP contribution in [0.15, 0.2) is 30.3 Å². The summed E-state index contributed by atoms with van der Waals surface area (Å²) in [6.45, 7) is 0. The van der Waals surface area contributed by atoms with Gasteiger partial charge in [0.15, 0.2) is 6.29 Å². The molecule has 0 amide bonds. The largest absolute Gasteiger partial charge is 0.481 e. The molecular formula is C12H9NO3. The van der Waals surface area contributed by atoms with Gasteiger partial charge in [0, 0.05) is 5.39 Å². The minimum atomic E-state index is -0.883. The van der Waals surface area contributed by atoms with Gasteiger partial charge >= 0.3 is 5.97 Å². The summed E-state index contributed by atoms with van der Waals surface area (Å²) in [5.41, 5.74) is 1.67. The van der Waals surface area contributed by atoms with E-state index in [1.165, 1.54) is 0 Å². The lowest BCUT2D eigenvalue weighted by Crippen LogP contribution is -2.00. The van der Waals surface area contributed by atoms with Gasteiger partial charge in [-0.1, -0.05) is 18.2 Å². The summed E-state index contributed by atoms with van der Waals surface area (Å²) in [6, 6.07) is 8.66. The van der Waals surface area contributed by atoms with Gasteiger partial charge in [0.2, 0.25) is 0 Å². The number of carboxylic acids is 1. The van der Waals surface area contributed by atoms with Crippen LogP contribution in [0.1, 0.15) is 16.1 Å². The number of hydrogen-bond acceptors (Lipinski definition) is 3. The SMILES string of the molecule is O=Cc1ccc2ccc(CC(=O)O)cc2n1. The summed E-state index contributed by atoms with van der Waals surface area (Å²) in [7, 11) is 0. The summed E-state index contributed by atoms with van der Waals surface area (Å²) in [6.07, 6.45) is 0.631. The van der Waals surface area contributed by atoms with Gasteiger partial charge < -0.3 is 5.11 Å². The van der Waals surface area contributed by atoms with Gasteiger partial charge in [-0.3, -0.25) is 9.59 Å². The smallest absolute Gasteiger partial charge is 0.307 e. The zero-order valence-electron chi connectivity index (χ0n) is 8.38. The number of hydrogen-bond donors (Lipinski definition) is 1. The molecule has 4 nitrogen and oxygen atoms in total. The van der Waals surface area contributed by atoms with Gasteiger partial charge in [-0.25, -0.2) is 4.98 Å². The molecule has 1 aromatic heterocycles. The Bertz CT molecular complexity index is 563. The Morgan fingerprint density at radius 2 is 2.06 bits per heavy atom. The molecule has 0 fully saturated rings. The highest BCUT2D eigenvalue weighted by atomic mass is 16.4. The third kappa shape index (κ3) is 2.06. The summed E-state index contributed by atoms with van der Waals surface area (Å²) >= 11 is 0. The summed E-state index contributed by atoms with van der Waals surface area (Å²) in [5, 5.41) is 9.55. The Morgan fingerprint density at radius 1 is 1.31 bits per heavy atom. The molecular weight excluding hydrogens is 206 g/mol. The fourth-order valence-corrected chi connectivity index (χ4v) is 1.53. The van der Waals surface area contributed by atoms with Gasteiger partial charge in [0.1, 0.15) is 5.69 Å². The molecule has 0 spiro atoms. The van der Waals surface area contributed by atoms with Crippen molar-refractivity contribution in [3.63, 3.8) is 0 Å². The average Bonchev–Trinajstić information content (AvgIpc) is 2.27. The van der Waals surface area contributed by atoms with E-state index in [4.69, 9.17) is 5.11 Å². The van der Waals surface area contributed by atoms with Crippen molar-refractivity contribution in [3.05, 3.63) is 41.6 Å². The lowest BCUT2D eigenvalue weighted by atomic mass is 10.1. The molecule has 0 aliphatic carbocycles. The van der Waals surface area contributed by atoms with Crippen LogP contribution in [0, 0.1) is 0 Å². The van der Waals surface area contributed by atoms with Crippen molar-refractivity contribution in [3.8, 4) is 0 Å². The van der Waals surface area contributed by atoms with Crippen molar-refractivity contribution in [2.75, 3.05) is 0 Å². The number of aldehydes is 1. The second kappa shape index (κ2) is 4.10. The molecule has 0 radical (unpaired) electrons. The predicted octanol–water partition coefficient (Wildman–Crippen LogP) is 1.67. The van der Waals surface area contributed by atoms with E-state index < -0.39 is 5.97 Å². The van der Waals surface area contributed by atoms with Crippen molar-refractivity contribution < 1.29 is 14.7 Å². The first-order valence-electron chi connectivity index (χ1n) is 4.76. The predicted molar refractivity (Wildman–Crippen MR) is 58.5 cm³/mol. The Morgan fingerprint density at radius 3 is 2.75 bits per heavy atom. The number of nitrogens with zero attached hydrogens (tertiary/aromatic N) is 1. The summed E-state index contributed by atoms with van der Waals surface area (Å²) < 4.78 is 0. The van der Waals surface area contributed by atoms with E-state index in [-0.39, 0.29) is 6.42 Å². The van der Waals surface area contributed by atoms with Crippen LogP contribution in [-0.4, -0.2) is 22.3 Å². The molecule has 0 atom stereocenters. The van der Waals surface area contributed by atoms with Crippen LogP contribution in [0.5, 0.6) is 0 Å². The standard InChI is InChI=1S/C12H9NO3/c14-7-10-4-3-9-2-1-8(6-12(15)16)5-11(9)13-10/h1-5,7H,6H2,(H,15,16). The average molecular weight is 215 g/mol. The van der Waals surface area contributed by atoms with Crippen LogP contribution in [0.3, 0.4) is 0 Å². The summed E-state index contributed by atoms with van der Waals surface area (Å²) in [5.74, 6) is -0.883. The van der Waals surface area contributed by atoms with Crippen LogP contribution in [0.4, 0.5) is 0 Å². The van der Waals surface area contributed by atoms with Crippen molar-refractivity contribution in [2.45, 2.75) is 6.42 Å². The minimum Gasteiger partial charge on any atom is -0.481 e. The first kappa shape index (κ1) is 10.3. The van der Waals surface area contributed by atoms with Crippen molar-refractivity contribution in [2.24, 2.45) is 0 Å². The molecule has 0 aliphatic rings. The zero-order chi connectivity index (χ0) is 11.5. The highest BCUT2D eigenvalue weighted by Crippen LogP contribution is 2.14. The fourth-order valence-electron chi connectivity index (χ4n) is 1.53. The fraction of sp³-hybridized carbons (Fsp3) is 0.0833. The van der Waals surface area contributed by atoms with Crippen LogP contribution >= 0.6 is 0 Å². The van der Waals surface area contributed by atoms with Gasteiger partial charge in [0.05, 0.1) is 11.9 Å². The van der Waals surface area contributed by atoms with Crippen molar-refractivity contribution >= 4 is 23.2 Å². The van der Waals surface area contributed by atoms with Crippen LogP contribution < -0.4 is 0 Å². The molecule has 0 saturated heterocycles. The van der Waals surface area contributed by atoms with Crippen molar-refractivity contribution in [1.29, 1.82) is 0 Å². The molecule has 1 aromatic carbocycles. The number of carbonyl (C=O) groups is 2. The molecule has 0 bridgehead atoms. The molecule has 0 unspecified atom stereocenters. The molecule has 2 aromatic rings. The van der Waals surface area contributed by atoms with Gasteiger partial charge in [0.25, 0.3) is 0 Å². The molecule has 1 N–H and O–H groups in total. The van der Waals surface area contributed by atoms with E-state index >= 15 is 0 Å². The number of rotatable bonds is 3. The monoisotopic (exact) mass is 215 g/mol. The van der Waals surface area contributed by atoms with E-state index in [2.05, 4.69) is 4.98 Å². The van der Waals surface area contributed by atoms with Gasteiger partial charge in [-0.2, -0.15) is 0 Å². The highest BCUT2D eigenvalue weighted by molar-refractivity contribution is 5.84. The molecule has 1 heterocycles. The third-order valence-electron chi connectivity index (χ3n) is 2.25. The van der Waals surface area contributed by atoms with Gasteiger partial charge in [-0.05, 0) is 17.7 Å². The lowest BCUT2D eigenvalue weighted by Gasteiger charge is -2.01. The number of pyridine rings is 1. The molecule has 4 heteroatoms. The van der Waals surface area contributed by atoms with E-state index in [1.54, 1.807) is 30.3 Å². The number of carbonyl (C=O) groups excluding carboxylic acids is 1. The zero-order valence-corrected chi connectivity index (χ0v) is 8.38. The molecule has 80 valence electrons. The maximum atomic E-state index is 10.6. The molecule has 0 saturated carbocycles. The van der Waals surface area contributed by atoms with Crippen LogP contribution in [0.2, 0.25) is 0 Å². The molecule has 16 heavy (non-hydrogen) atoms. The topological polar surface area (TPSA) is 67.3 Å². The van der Waals surface area contributed by atoms with E-state index in [9.17, 15) is 9.59 Å². The second-order valence-corrected chi connectivity index (χ2v) is 3.45. The number of aliphatic carboxylic acids is 1. The Kier molecular flexibility index (Phi) is 2.64. The minimum absolute atomic E-state index is 0.0388. The second-order valence-electron chi connectivity index (χ2n) is 3.45. The first-order chi connectivity index (χ1) is 7.69. The van der Waals surface area contributed by atoms with Gasteiger partial charge in [-0.15, -0.1) is 0 Å². The van der Waals surface area contributed by atoms with E-state index in [0.717, 1.165) is 5.39 Å². The maximum absolute atomic E-state index is 10.6. The Balaban J connectivity index is 2.50. The van der Waals surface area contributed by atoms with Crippen LogP contribution in [-0.2, 0) is 11.2 Å². The van der Waals surface area contributed by atoms with E-state index in [0.29, 0.717) is 23.1 Å². The first-order valence-corrected chi connectivity index (χ1v) is 4.76. The quantitative estimate of drug-likeness (QED) is 0.791. The third-order valence-corrected chi connectivity index (χ3v) is 2.25. The van der Waals surface area contributed by atoms with Crippen LogP contribution in [0.25, 0.3) is 10.9 Å². The Labute approximate surface area is 91.5 Å². The normalized spacial score (nSPS) is 10.2. The number of aromatic nitrogens is 1. The Hall–Kier alpha value is -2.23. The highest BCUT2D eigenvalue weighted by Gasteiger charge is 2.03. The molecule has 0 aliphatic heterocycles. The maximum Gasteiger partial charge on any atom is 0.307 e. The number of benzene rings is 1. The van der Waals surface area contributed by atoms with Crippen molar-refractivity contribution in [1.82, 2.24) is 4.98 Å². The van der Waals surface area contributed by atoms with E-state index in [1.807, 2.05) is 0 Å². The molecule has 2 rings (SSSR count).